The predicted octanol–water partition coefficient (Wildman–Crippen LogP) is 3.72. The molecule has 0 bridgehead atoms. The second-order valence-corrected chi connectivity index (χ2v) is 9.83. The summed E-state index contributed by atoms with van der Waals surface area (Å²) in [6.07, 6.45) is 2.79. The van der Waals surface area contributed by atoms with Crippen LogP contribution in [-0.2, 0) is 16.6 Å². The van der Waals surface area contributed by atoms with Gasteiger partial charge in [0.05, 0.1) is 22.0 Å². The summed E-state index contributed by atoms with van der Waals surface area (Å²) in [7, 11) is -3.59. The van der Waals surface area contributed by atoms with Crippen LogP contribution < -0.4 is 5.32 Å². The van der Waals surface area contributed by atoms with Gasteiger partial charge in [0.25, 0.3) is 5.91 Å². The lowest BCUT2D eigenvalue weighted by molar-refractivity contribution is 0.0937. The van der Waals surface area contributed by atoms with E-state index in [1.807, 2.05) is 38.1 Å². The lowest BCUT2D eigenvalue weighted by Crippen LogP contribution is -2.35. The summed E-state index contributed by atoms with van der Waals surface area (Å²) in [4.78, 5) is 17.8. The maximum Gasteiger partial charge on any atom is 0.251 e. The van der Waals surface area contributed by atoms with Gasteiger partial charge in [-0.25, -0.2) is 13.4 Å². The number of para-hydroxylation sites is 2. The second kappa shape index (κ2) is 8.80. The molecule has 1 N–H and O–H groups in total. The number of aryl methyl sites for hydroxylation is 1. The summed E-state index contributed by atoms with van der Waals surface area (Å²) >= 11 is 0. The Bertz CT molecular complexity index is 1200. The van der Waals surface area contributed by atoms with Crippen LogP contribution in [0.1, 0.15) is 55.3 Å². The number of nitrogens with zero attached hydrogens (tertiary/aromatic N) is 3. The molecule has 2 heterocycles. The van der Waals surface area contributed by atoms with Gasteiger partial charge in [0.15, 0.2) is 0 Å². The zero-order valence-corrected chi connectivity index (χ0v) is 18.7. The maximum atomic E-state index is 13.0. The van der Waals surface area contributed by atoms with Crippen molar-refractivity contribution < 1.29 is 13.2 Å². The normalized spacial score (nSPS) is 16.3. The third kappa shape index (κ3) is 4.22. The molecule has 1 aromatic heterocycles. The first-order valence-corrected chi connectivity index (χ1v) is 12.2. The largest absolute Gasteiger partial charge is 0.342 e. The number of amides is 1. The van der Waals surface area contributed by atoms with Crippen LogP contribution in [0.5, 0.6) is 0 Å². The average molecular weight is 441 g/mol. The molecule has 164 valence electrons. The lowest BCUT2D eigenvalue weighted by atomic mass is 10.2. The van der Waals surface area contributed by atoms with E-state index in [0.29, 0.717) is 18.7 Å². The summed E-state index contributed by atoms with van der Waals surface area (Å²) in [6.45, 7) is 5.73. The summed E-state index contributed by atoms with van der Waals surface area (Å²) < 4.78 is 29.5. The van der Waals surface area contributed by atoms with E-state index in [-0.39, 0.29) is 16.8 Å². The van der Waals surface area contributed by atoms with Gasteiger partial charge in [0.2, 0.25) is 10.0 Å². The van der Waals surface area contributed by atoms with Crippen molar-refractivity contribution in [3.63, 3.8) is 0 Å². The molecule has 1 fully saturated rings. The van der Waals surface area contributed by atoms with Crippen molar-refractivity contribution in [2.24, 2.45) is 0 Å². The number of hydrogen-bond donors (Lipinski definition) is 1. The fraction of sp³-hybridized carbons (Fsp3) is 0.391. The number of imidazole rings is 1. The van der Waals surface area contributed by atoms with E-state index in [4.69, 9.17) is 4.98 Å². The van der Waals surface area contributed by atoms with Crippen molar-refractivity contribution in [1.82, 2.24) is 19.2 Å². The first-order valence-electron chi connectivity index (χ1n) is 10.8. The highest BCUT2D eigenvalue weighted by atomic mass is 32.2. The molecule has 7 nitrogen and oxygen atoms in total. The first-order chi connectivity index (χ1) is 14.9. The van der Waals surface area contributed by atoms with E-state index in [9.17, 15) is 13.2 Å². The minimum atomic E-state index is -3.59. The molecule has 1 aliphatic rings. The number of aromatic nitrogens is 2. The zero-order chi connectivity index (χ0) is 22.0. The van der Waals surface area contributed by atoms with Gasteiger partial charge in [0, 0.05) is 25.2 Å². The summed E-state index contributed by atoms with van der Waals surface area (Å²) in [5.74, 6) is 0.451. The van der Waals surface area contributed by atoms with E-state index in [0.717, 1.165) is 42.7 Å². The molecule has 1 aliphatic heterocycles. The molecular weight excluding hydrogens is 412 g/mol. The Morgan fingerprint density at radius 2 is 1.84 bits per heavy atom. The molecule has 8 heteroatoms. The number of hydrogen-bond acceptors (Lipinski definition) is 4. The van der Waals surface area contributed by atoms with Gasteiger partial charge in [-0.3, -0.25) is 4.79 Å². The van der Waals surface area contributed by atoms with Crippen molar-refractivity contribution in [3.8, 4) is 0 Å². The van der Waals surface area contributed by atoms with Gasteiger partial charge >= 0.3 is 0 Å². The van der Waals surface area contributed by atoms with Crippen molar-refractivity contribution in [1.29, 1.82) is 0 Å². The third-order valence-corrected chi connectivity index (χ3v) is 7.68. The predicted molar refractivity (Wildman–Crippen MR) is 120 cm³/mol. The molecular formula is C23H28N4O3S. The Balaban J connectivity index is 1.56. The van der Waals surface area contributed by atoms with Gasteiger partial charge < -0.3 is 9.88 Å². The van der Waals surface area contributed by atoms with Crippen LogP contribution in [0.2, 0.25) is 0 Å². The minimum absolute atomic E-state index is 0.162. The number of nitrogens with one attached hydrogen (secondary N) is 1. The molecule has 2 aromatic carbocycles. The topological polar surface area (TPSA) is 84.3 Å². The molecule has 1 unspecified atom stereocenters. The molecule has 4 rings (SSSR count). The van der Waals surface area contributed by atoms with Gasteiger partial charge in [-0.05, 0) is 57.0 Å². The van der Waals surface area contributed by atoms with Gasteiger partial charge in [-0.1, -0.05) is 24.6 Å². The Labute approximate surface area is 183 Å². The highest BCUT2D eigenvalue weighted by Crippen LogP contribution is 2.23. The average Bonchev–Trinajstić information content (AvgIpc) is 3.18. The van der Waals surface area contributed by atoms with Gasteiger partial charge in [-0.15, -0.1) is 0 Å². The Hall–Kier alpha value is -2.71. The van der Waals surface area contributed by atoms with E-state index >= 15 is 0 Å². The molecule has 0 saturated carbocycles. The van der Waals surface area contributed by atoms with E-state index in [1.54, 1.807) is 18.2 Å². The van der Waals surface area contributed by atoms with Gasteiger partial charge in [0.1, 0.15) is 5.82 Å². The number of benzene rings is 2. The Morgan fingerprint density at radius 3 is 2.58 bits per heavy atom. The van der Waals surface area contributed by atoms with E-state index in [1.165, 1.54) is 10.4 Å². The van der Waals surface area contributed by atoms with Crippen molar-refractivity contribution >= 4 is 27.0 Å². The van der Waals surface area contributed by atoms with Crippen LogP contribution in [0, 0.1) is 0 Å². The smallest absolute Gasteiger partial charge is 0.251 e. The summed E-state index contributed by atoms with van der Waals surface area (Å²) in [5.41, 5.74) is 2.23. The van der Waals surface area contributed by atoms with Crippen LogP contribution in [0.25, 0.3) is 11.0 Å². The number of sulfonamides is 1. The molecule has 0 aliphatic carbocycles. The Kier molecular flexibility index (Phi) is 6.11. The summed E-state index contributed by atoms with van der Waals surface area (Å²) in [5, 5.41) is 2.98. The van der Waals surface area contributed by atoms with E-state index in [2.05, 4.69) is 9.88 Å². The molecule has 31 heavy (non-hydrogen) atoms. The molecule has 0 radical (unpaired) electrons. The van der Waals surface area contributed by atoms with Crippen LogP contribution >= 0.6 is 0 Å². The molecule has 1 amide bonds. The molecule has 1 atom stereocenters. The number of carbonyl (C=O) groups is 1. The van der Waals surface area contributed by atoms with Crippen LogP contribution in [-0.4, -0.2) is 41.3 Å². The van der Waals surface area contributed by atoms with Crippen LogP contribution in [0.3, 0.4) is 0 Å². The molecule has 3 aromatic rings. The minimum Gasteiger partial charge on any atom is -0.342 e. The van der Waals surface area contributed by atoms with Crippen molar-refractivity contribution in [3.05, 3.63) is 59.9 Å². The van der Waals surface area contributed by atoms with Crippen molar-refractivity contribution in [2.45, 2.75) is 50.6 Å². The maximum absolute atomic E-state index is 13.0. The quantitative estimate of drug-likeness (QED) is 0.633. The highest BCUT2D eigenvalue weighted by molar-refractivity contribution is 7.89. The number of carbonyl (C=O) groups excluding carboxylic acids is 1. The lowest BCUT2D eigenvalue weighted by Gasteiger charge is -2.26. The fourth-order valence-corrected chi connectivity index (χ4v) is 5.72. The summed E-state index contributed by atoms with van der Waals surface area (Å²) in [6, 6.07) is 13.8. The molecule has 1 saturated heterocycles. The third-order valence-electron chi connectivity index (χ3n) is 5.78. The number of piperidine rings is 1. The molecule has 0 spiro atoms. The monoisotopic (exact) mass is 440 g/mol. The zero-order valence-electron chi connectivity index (χ0n) is 17.9. The standard InChI is InChI=1S/C23H28N4O3S/c1-3-27-21-13-6-5-12-20(21)25-22(27)17(2)24-23(28)18-10-9-11-19(16-18)31(29,30)26-14-7-4-8-15-26/h5-6,9-13,16-17H,3-4,7-8,14-15H2,1-2H3,(H,24,28). The Morgan fingerprint density at radius 1 is 1.10 bits per heavy atom. The first kappa shape index (κ1) is 21.5. The number of fused-ring (bicyclic) bond motifs is 1. The SMILES string of the molecule is CCn1c(C(C)NC(=O)c2cccc(S(=O)(=O)N3CCCCC3)c2)nc2ccccc21. The van der Waals surface area contributed by atoms with Crippen LogP contribution in [0.4, 0.5) is 0 Å². The van der Waals surface area contributed by atoms with Crippen molar-refractivity contribution in [2.75, 3.05) is 13.1 Å². The highest BCUT2D eigenvalue weighted by Gasteiger charge is 2.27. The number of rotatable bonds is 6. The van der Waals surface area contributed by atoms with Gasteiger partial charge in [-0.2, -0.15) is 4.31 Å². The second-order valence-electron chi connectivity index (χ2n) is 7.89. The van der Waals surface area contributed by atoms with Crippen LogP contribution in [0.15, 0.2) is 53.4 Å². The fourth-order valence-electron chi connectivity index (χ4n) is 4.15. The van der Waals surface area contributed by atoms with E-state index < -0.39 is 10.0 Å².